The zero-order chi connectivity index (χ0) is 23.5. The quantitative estimate of drug-likeness (QED) is 0.303. The third-order valence-corrected chi connectivity index (χ3v) is 6.13. The van der Waals surface area contributed by atoms with E-state index in [4.69, 9.17) is 10.5 Å². The molecule has 3 N–H and O–H groups in total. The lowest BCUT2D eigenvalue weighted by molar-refractivity contribution is 0.102. The molecule has 0 aliphatic carbocycles. The Balaban J connectivity index is 1.64. The molecule has 0 radical (unpaired) electrons. The molecule has 0 amide bonds. The first-order chi connectivity index (χ1) is 15.9. The maximum absolute atomic E-state index is 13.1. The molecule has 0 unspecified atom stereocenters. The molecule has 170 valence electrons. The van der Waals surface area contributed by atoms with Gasteiger partial charge in [-0.05, 0) is 24.6 Å². The van der Waals surface area contributed by atoms with Gasteiger partial charge in [0.2, 0.25) is 0 Å². The van der Waals surface area contributed by atoms with Crippen LogP contribution in [0.4, 0.5) is 5.82 Å². The summed E-state index contributed by atoms with van der Waals surface area (Å²) in [4.78, 5) is 46.4. The van der Waals surface area contributed by atoms with E-state index >= 15 is 0 Å². The van der Waals surface area contributed by atoms with E-state index in [1.165, 1.54) is 4.57 Å². The number of benzene rings is 2. The first kappa shape index (κ1) is 22.4. The van der Waals surface area contributed by atoms with Gasteiger partial charge in [-0.25, -0.2) is 9.78 Å². The van der Waals surface area contributed by atoms with Crippen molar-refractivity contribution in [1.82, 2.24) is 19.1 Å². The minimum atomic E-state index is -0.677. The van der Waals surface area contributed by atoms with Crippen LogP contribution in [0.1, 0.15) is 22.8 Å². The van der Waals surface area contributed by atoms with Gasteiger partial charge in [0, 0.05) is 12.6 Å². The fraction of sp³-hybridized carbons (Fsp3) is 0.217. The number of hydrogen-bond acceptors (Lipinski definition) is 7. The second-order valence-corrected chi connectivity index (χ2v) is 8.26. The molecule has 2 aromatic heterocycles. The average molecular weight is 466 g/mol. The Kier molecular flexibility index (Phi) is 6.36. The zero-order valence-electron chi connectivity index (χ0n) is 18.2. The van der Waals surface area contributed by atoms with Crippen molar-refractivity contribution < 1.29 is 9.53 Å². The molecular formula is C23H23N5O4S. The second-order valence-electron chi connectivity index (χ2n) is 7.30. The smallest absolute Gasteiger partial charge is 0.332 e. The Morgan fingerprint density at radius 1 is 1.15 bits per heavy atom. The van der Waals surface area contributed by atoms with Crippen molar-refractivity contribution in [2.24, 2.45) is 0 Å². The third kappa shape index (κ3) is 4.42. The molecule has 4 rings (SSSR count). The average Bonchev–Trinajstić information content (AvgIpc) is 3.23. The molecule has 9 nitrogen and oxygen atoms in total. The van der Waals surface area contributed by atoms with E-state index in [1.54, 1.807) is 20.1 Å². The summed E-state index contributed by atoms with van der Waals surface area (Å²) >= 11 is 1.16. The maximum Gasteiger partial charge on any atom is 0.332 e. The number of methoxy groups -OCH3 is 1. The van der Waals surface area contributed by atoms with E-state index in [0.717, 1.165) is 32.9 Å². The first-order valence-corrected chi connectivity index (χ1v) is 11.3. The largest absolute Gasteiger partial charge is 0.497 e. The monoisotopic (exact) mass is 465 g/mol. The summed E-state index contributed by atoms with van der Waals surface area (Å²) in [7, 11) is 1.58. The van der Waals surface area contributed by atoms with Crippen LogP contribution in [0, 0.1) is 0 Å². The van der Waals surface area contributed by atoms with E-state index in [9.17, 15) is 14.4 Å². The van der Waals surface area contributed by atoms with Crippen molar-refractivity contribution in [3.63, 3.8) is 0 Å². The summed E-state index contributed by atoms with van der Waals surface area (Å²) < 4.78 is 7.51. The number of hydrogen-bond donors (Lipinski definition) is 2. The number of anilines is 1. The molecule has 10 heteroatoms. The summed E-state index contributed by atoms with van der Waals surface area (Å²) in [6.07, 6.45) is 0. The van der Waals surface area contributed by atoms with Crippen LogP contribution in [0.5, 0.6) is 5.75 Å². The van der Waals surface area contributed by atoms with Gasteiger partial charge in [0.15, 0.2) is 10.9 Å². The maximum atomic E-state index is 13.1. The van der Waals surface area contributed by atoms with Gasteiger partial charge in [0.1, 0.15) is 17.1 Å². The molecular weight excluding hydrogens is 442 g/mol. The normalized spacial score (nSPS) is 11.1. The summed E-state index contributed by atoms with van der Waals surface area (Å²) in [5, 5.41) is 0.526. The number of ketones is 1. The van der Waals surface area contributed by atoms with E-state index in [-0.39, 0.29) is 30.2 Å². The van der Waals surface area contributed by atoms with Gasteiger partial charge in [-0.3, -0.25) is 18.7 Å². The summed E-state index contributed by atoms with van der Waals surface area (Å²) in [6, 6.07) is 14.7. The summed E-state index contributed by atoms with van der Waals surface area (Å²) in [5.41, 5.74) is 7.13. The lowest BCUT2D eigenvalue weighted by atomic mass is 10.2. The number of Topliss-reactive ketones (excluding diaryl/α,β-unsaturated/α-hetero) is 1. The summed E-state index contributed by atoms with van der Waals surface area (Å²) in [5.74, 6) is 0.0271. The number of nitrogens with two attached hydrogens (primary N) is 1. The predicted molar refractivity (Wildman–Crippen MR) is 128 cm³/mol. The van der Waals surface area contributed by atoms with Gasteiger partial charge in [0.05, 0.1) is 30.4 Å². The minimum Gasteiger partial charge on any atom is -0.497 e. The number of carbonyl (C=O) groups is 1. The fourth-order valence-electron chi connectivity index (χ4n) is 3.54. The van der Waals surface area contributed by atoms with Crippen molar-refractivity contribution in [2.75, 3.05) is 18.6 Å². The second kappa shape index (κ2) is 9.37. The Hall–Kier alpha value is -3.79. The molecule has 0 aliphatic heterocycles. The SMILES string of the molecule is CCn1c(=O)c(C(=O)CSc2nc3ccc(OC)cc3[nH]2)c(N)n(Cc2ccccc2)c1=O. The van der Waals surface area contributed by atoms with Crippen LogP contribution in [0.25, 0.3) is 11.0 Å². The Morgan fingerprint density at radius 3 is 2.61 bits per heavy atom. The standard InChI is InChI=1S/C23H23N5O4S/c1-3-27-21(30)19(20(24)28(23(27)31)12-14-7-5-4-6-8-14)18(29)13-33-22-25-16-10-9-15(32-2)11-17(16)26-22/h4-11H,3,12-13,24H2,1-2H3,(H,25,26). The molecule has 4 aromatic rings. The first-order valence-electron chi connectivity index (χ1n) is 10.3. The van der Waals surface area contributed by atoms with E-state index in [1.807, 2.05) is 42.5 Å². The zero-order valence-corrected chi connectivity index (χ0v) is 19.0. The van der Waals surface area contributed by atoms with Crippen LogP contribution in [-0.4, -0.2) is 37.7 Å². The number of thioether (sulfide) groups is 1. The van der Waals surface area contributed by atoms with E-state index < -0.39 is 17.0 Å². The highest BCUT2D eigenvalue weighted by Crippen LogP contribution is 2.24. The fourth-order valence-corrected chi connectivity index (χ4v) is 4.30. The van der Waals surface area contributed by atoms with Crippen LogP contribution < -0.4 is 21.7 Å². The lowest BCUT2D eigenvalue weighted by Gasteiger charge is -2.15. The molecule has 2 heterocycles. The van der Waals surface area contributed by atoms with Crippen LogP contribution >= 0.6 is 11.8 Å². The van der Waals surface area contributed by atoms with Crippen molar-refractivity contribution in [3.05, 3.63) is 80.5 Å². The highest BCUT2D eigenvalue weighted by atomic mass is 32.2. The number of aromatic nitrogens is 4. The summed E-state index contributed by atoms with van der Waals surface area (Å²) in [6.45, 7) is 1.97. The molecule has 0 spiro atoms. The number of carbonyl (C=O) groups excluding carboxylic acids is 1. The number of nitrogens with one attached hydrogen (secondary N) is 1. The van der Waals surface area contributed by atoms with Crippen molar-refractivity contribution in [3.8, 4) is 5.75 Å². The van der Waals surface area contributed by atoms with Crippen molar-refractivity contribution in [1.29, 1.82) is 0 Å². The Bertz CT molecular complexity index is 1440. The molecule has 0 saturated carbocycles. The lowest BCUT2D eigenvalue weighted by Crippen LogP contribution is -2.44. The van der Waals surface area contributed by atoms with Crippen molar-refractivity contribution >= 4 is 34.4 Å². The topological polar surface area (TPSA) is 125 Å². The Labute approximate surface area is 193 Å². The number of imidazole rings is 1. The number of aromatic amines is 1. The van der Waals surface area contributed by atoms with E-state index in [0.29, 0.717) is 10.9 Å². The molecule has 33 heavy (non-hydrogen) atoms. The number of nitrogens with zero attached hydrogens (tertiary/aromatic N) is 3. The van der Waals surface area contributed by atoms with Crippen LogP contribution in [0.15, 0.2) is 63.3 Å². The van der Waals surface area contributed by atoms with Gasteiger partial charge in [-0.2, -0.15) is 0 Å². The van der Waals surface area contributed by atoms with Crippen LogP contribution in [0.3, 0.4) is 0 Å². The van der Waals surface area contributed by atoms with E-state index in [2.05, 4.69) is 9.97 Å². The number of rotatable bonds is 8. The third-order valence-electron chi connectivity index (χ3n) is 5.25. The van der Waals surface area contributed by atoms with Crippen molar-refractivity contribution in [2.45, 2.75) is 25.2 Å². The number of fused-ring (bicyclic) bond motifs is 1. The number of nitrogen functional groups attached to an aromatic ring is 1. The highest BCUT2D eigenvalue weighted by molar-refractivity contribution is 7.99. The molecule has 0 bridgehead atoms. The van der Waals surface area contributed by atoms with Gasteiger partial charge >= 0.3 is 5.69 Å². The number of H-pyrrole nitrogens is 1. The van der Waals surface area contributed by atoms with Gasteiger partial charge < -0.3 is 15.5 Å². The Morgan fingerprint density at radius 2 is 1.91 bits per heavy atom. The molecule has 0 saturated heterocycles. The molecule has 0 aliphatic rings. The van der Waals surface area contributed by atoms with Crippen LogP contribution in [0.2, 0.25) is 0 Å². The predicted octanol–water partition coefficient (Wildman–Crippen LogP) is 2.52. The molecule has 0 fully saturated rings. The molecule has 2 aromatic carbocycles. The van der Waals surface area contributed by atoms with Gasteiger partial charge in [-0.15, -0.1) is 0 Å². The number of ether oxygens (including phenoxy) is 1. The van der Waals surface area contributed by atoms with Gasteiger partial charge in [0.25, 0.3) is 5.56 Å². The van der Waals surface area contributed by atoms with Gasteiger partial charge in [-0.1, -0.05) is 42.1 Å². The molecule has 0 atom stereocenters. The van der Waals surface area contributed by atoms with Crippen LogP contribution in [-0.2, 0) is 13.1 Å². The minimum absolute atomic E-state index is 0.0658. The highest BCUT2D eigenvalue weighted by Gasteiger charge is 2.23.